The highest BCUT2D eigenvalue weighted by atomic mass is 16.5. The van der Waals surface area contributed by atoms with Crippen LogP contribution in [-0.2, 0) is 4.79 Å². The molecule has 0 aliphatic carbocycles. The van der Waals surface area contributed by atoms with Crippen molar-refractivity contribution in [3.8, 4) is 11.6 Å². The topological polar surface area (TPSA) is 59.4 Å². The fourth-order valence-electron chi connectivity index (χ4n) is 2.69. The highest BCUT2D eigenvalue weighted by molar-refractivity contribution is 5.77. The summed E-state index contributed by atoms with van der Waals surface area (Å²) in [5.41, 5.74) is 0.761. The summed E-state index contributed by atoms with van der Waals surface area (Å²) in [5, 5.41) is 9.58. The van der Waals surface area contributed by atoms with Crippen LogP contribution in [0.3, 0.4) is 0 Å². The van der Waals surface area contributed by atoms with E-state index < -0.39 is 11.4 Å². The molecule has 1 atom stereocenters. The van der Waals surface area contributed by atoms with Gasteiger partial charge in [-0.3, -0.25) is 4.79 Å². The number of rotatable bonds is 2. The number of carbonyl (C=O) groups is 1. The van der Waals surface area contributed by atoms with Crippen molar-refractivity contribution in [1.29, 1.82) is 0 Å². The summed E-state index contributed by atoms with van der Waals surface area (Å²) >= 11 is 0. The second-order valence-electron chi connectivity index (χ2n) is 5.50. The van der Waals surface area contributed by atoms with E-state index in [-0.39, 0.29) is 5.92 Å². The van der Waals surface area contributed by atoms with Crippen LogP contribution in [0.5, 0.6) is 11.6 Å². The molecule has 2 heterocycles. The Bertz CT molecular complexity index is 633. The summed E-state index contributed by atoms with van der Waals surface area (Å²) in [5.74, 6) is 0.0474. The lowest BCUT2D eigenvalue weighted by Crippen LogP contribution is -2.33. The minimum atomic E-state index is -0.947. The molecule has 4 heteroatoms. The SMILES string of the molecule is CC(C)(C(=O)O)C1c2ccccc2Oc2ncccc21. The number of nitrogens with zero attached hydrogens (tertiary/aromatic N) is 1. The smallest absolute Gasteiger partial charge is 0.310 e. The lowest BCUT2D eigenvalue weighted by atomic mass is 9.70. The van der Waals surface area contributed by atoms with Gasteiger partial charge >= 0.3 is 5.97 Å². The van der Waals surface area contributed by atoms with Gasteiger partial charge in [0.05, 0.1) is 5.41 Å². The van der Waals surface area contributed by atoms with Gasteiger partial charge in [-0.15, -0.1) is 0 Å². The number of benzene rings is 1. The molecule has 1 N–H and O–H groups in total. The number of aliphatic carboxylic acids is 1. The quantitative estimate of drug-likeness (QED) is 0.907. The van der Waals surface area contributed by atoms with E-state index in [2.05, 4.69) is 4.98 Å². The molecule has 102 valence electrons. The summed E-state index contributed by atoms with van der Waals surface area (Å²) < 4.78 is 5.78. The molecule has 1 unspecified atom stereocenters. The van der Waals surface area contributed by atoms with Gasteiger partial charge < -0.3 is 9.84 Å². The second kappa shape index (κ2) is 4.34. The van der Waals surface area contributed by atoms with Crippen LogP contribution in [0.15, 0.2) is 42.6 Å². The molecule has 1 aliphatic rings. The number of fused-ring (bicyclic) bond motifs is 2. The van der Waals surface area contributed by atoms with Crippen molar-refractivity contribution in [3.05, 3.63) is 53.7 Å². The highest BCUT2D eigenvalue weighted by Crippen LogP contribution is 2.50. The van der Waals surface area contributed by atoms with E-state index in [9.17, 15) is 9.90 Å². The van der Waals surface area contributed by atoms with Gasteiger partial charge in [-0.25, -0.2) is 4.98 Å². The molecule has 4 nitrogen and oxygen atoms in total. The van der Waals surface area contributed by atoms with Crippen LogP contribution in [0.2, 0.25) is 0 Å². The third-order valence-corrected chi connectivity index (χ3v) is 3.82. The number of para-hydroxylation sites is 1. The largest absolute Gasteiger partial charge is 0.481 e. The second-order valence-corrected chi connectivity index (χ2v) is 5.50. The van der Waals surface area contributed by atoms with Gasteiger partial charge in [-0.2, -0.15) is 0 Å². The van der Waals surface area contributed by atoms with Gasteiger partial charge in [0.25, 0.3) is 0 Å². The first-order valence-electron chi connectivity index (χ1n) is 6.47. The molecule has 2 aromatic rings. The first-order chi connectivity index (χ1) is 9.51. The van der Waals surface area contributed by atoms with E-state index >= 15 is 0 Å². The van der Waals surface area contributed by atoms with E-state index in [4.69, 9.17) is 4.74 Å². The lowest BCUT2D eigenvalue weighted by molar-refractivity contribution is -0.147. The average molecular weight is 269 g/mol. The summed E-state index contributed by atoms with van der Waals surface area (Å²) in [7, 11) is 0. The Balaban J connectivity index is 2.25. The van der Waals surface area contributed by atoms with Crippen molar-refractivity contribution in [2.75, 3.05) is 0 Å². The molecule has 0 bridgehead atoms. The Hall–Kier alpha value is -2.36. The minimum Gasteiger partial charge on any atom is -0.481 e. The van der Waals surface area contributed by atoms with Crippen molar-refractivity contribution in [2.24, 2.45) is 5.41 Å². The molecule has 0 fully saturated rings. The zero-order valence-corrected chi connectivity index (χ0v) is 11.3. The summed E-state index contributed by atoms with van der Waals surface area (Å²) in [6.07, 6.45) is 1.65. The van der Waals surface area contributed by atoms with Gasteiger partial charge in [0.1, 0.15) is 5.75 Å². The number of carboxylic acids is 1. The maximum Gasteiger partial charge on any atom is 0.310 e. The summed E-state index contributed by atoms with van der Waals surface area (Å²) in [6.45, 7) is 3.47. The number of hydrogen-bond acceptors (Lipinski definition) is 3. The monoisotopic (exact) mass is 269 g/mol. The highest BCUT2D eigenvalue weighted by Gasteiger charge is 2.43. The number of aromatic nitrogens is 1. The first-order valence-corrected chi connectivity index (χ1v) is 6.47. The zero-order valence-electron chi connectivity index (χ0n) is 11.3. The van der Waals surface area contributed by atoms with Crippen LogP contribution in [0.4, 0.5) is 0 Å². The van der Waals surface area contributed by atoms with E-state index in [0.717, 1.165) is 11.1 Å². The number of carboxylic acid groups (broad SMARTS) is 1. The van der Waals surface area contributed by atoms with Crippen LogP contribution in [0.25, 0.3) is 0 Å². The van der Waals surface area contributed by atoms with Crippen LogP contribution >= 0.6 is 0 Å². The van der Waals surface area contributed by atoms with Gasteiger partial charge in [0.2, 0.25) is 5.88 Å². The molecule has 0 saturated carbocycles. The van der Waals surface area contributed by atoms with Gasteiger partial charge in [-0.1, -0.05) is 24.3 Å². The molecule has 20 heavy (non-hydrogen) atoms. The van der Waals surface area contributed by atoms with Gasteiger partial charge in [0.15, 0.2) is 0 Å². The minimum absolute atomic E-state index is 0.284. The Morgan fingerprint density at radius 1 is 1.20 bits per heavy atom. The number of hydrogen-bond donors (Lipinski definition) is 1. The molecule has 0 amide bonds. The fourth-order valence-corrected chi connectivity index (χ4v) is 2.69. The third kappa shape index (κ3) is 1.76. The van der Waals surface area contributed by atoms with E-state index in [1.54, 1.807) is 26.1 Å². The Kier molecular flexibility index (Phi) is 2.74. The maximum absolute atomic E-state index is 11.7. The Labute approximate surface area is 117 Å². The van der Waals surface area contributed by atoms with Crippen molar-refractivity contribution in [1.82, 2.24) is 4.98 Å². The third-order valence-electron chi connectivity index (χ3n) is 3.82. The molecule has 3 rings (SSSR count). The van der Waals surface area contributed by atoms with Gasteiger partial charge in [-0.05, 0) is 26.0 Å². The van der Waals surface area contributed by atoms with E-state index in [1.165, 1.54) is 0 Å². The van der Waals surface area contributed by atoms with Crippen LogP contribution in [0, 0.1) is 5.41 Å². The zero-order chi connectivity index (χ0) is 14.3. The van der Waals surface area contributed by atoms with Gasteiger partial charge in [0, 0.05) is 23.2 Å². The molecule has 1 aromatic carbocycles. The fraction of sp³-hybridized carbons (Fsp3) is 0.250. The standard InChI is InChI=1S/C16H15NO3/c1-16(2,15(18)19)13-10-6-3-4-8-12(10)20-14-11(13)7-5-9-17-14/h3-9,13H,1-2H3,(H,18,19). The Morgan fingerprint density at radius 2 is 1.90 bits per heavy atom. The molecule has 0 radical (unpaired) electrons. The van der Waals surface area contributed by atoms with Crippen LogP contribution < -0.4 is 4.74 Å². The molecule has 0 saturated heterocycles. The molecular formula is C16H15NO3. The molecule has 1 aliphatic heterocycles. The summed E-state index contributed by atoms with van der Waals surface area (Å²) in [4.78, 5) is 15.9. The molecular weight excluding hydrogens is 254 g/mol. The predicted molar refractivity (Wildman–Crippen MR) is 74.0 cm³/mol. The van der Waals surface area contributed by atoms with E-state index in [1.807, 2.05) is 30.3 Å². The number of ether oxygens (including phenoxy) is 1. The van der Waals surface area contributed by atoms with Crippen molar-refractivity contribution in [3.63, 3.8) is 0 Å². The van der Waals surface area contributed by atoms with Crippen molar-refractivity contribution in [2.45, 2.75) is 19.8 Å². The normalized spacial score (nSPS) is 16.8. The lowest BCUT2D eigenvalue weighted by Gasteiger charge is -2.35. The number of pyridine rings is 1. The van der Waals surface area contributed by atoms with Crippen LogP contribution in [-0.4, -0.2) is 16.1 Å². The molecule has 0 spiro atoms. The first kappa shape index (κ1) is 12.7. The van der Waals surface area contributed by atoms with E-state index in [0.29, 0.717) is 11.6 Å². The average Bonchev–Trinajstić information content (AvgIpc) is 2.44. The molecule has 1 aromatic heterocycles. The predicted octanol–water partition coefficient (Wildman–Crippen LogP) is 3.43. The summed E-state index contributed by atoms with van der Waals surface area (Å²) in [6, 6.07) is 11.2. The van der Waals surface area contributed by atoms with Crippen LogP contribution in [0.1, 0.15) is 30.9 Å². The Morgan fingerprint density at radius 3 is 2.65 bits per heavy atom. The van der Waals surface area contributed by atoms with Crippen molar-refractivity contribution >= 4 is 5.97 Å². The van der Waals surface area contributed by atoms with Crippen molar-refractivity contribution < 1.29 is 14.6 Å². The maximum atomic E-state index is 11.7.